The van der Waals surface area contributed by atoms with E-state index >= 15 is 0 Å². The van der Waals surface area contributed by atoms with Gasteiger partial charge < -0.3 is 33.9 Å². The van der Waals surface area contributed by atoms with Crippen LogP contribution in [0, 0.1) is 5.92 Å². The lowest BCUT2D eigenvalue weighted by atomic mass is 10.1. The number of carbonyl (C=O) groups excluding carboxylic acids is 1. The van der Waals surface area contributed by atoms with Crippen LogP contribution in [0.3, 0.4) is 0 Å². The van der Waals surface area contributed by atoms with Gasteiger partial charge in [-0.3, -0.25) is 0 Å². The number of methoxy groups -OCH3 is 1. The molecule has 1 aliphatic rings. The Morgan fingerprint density at radius 3 is 2.58 bits per heavy atom. The second-order valence-electron chi connectivity index (χ2n) is 5.92. The highest BCUT2D eigenvalue weighted by atomic mass is 32.5. The Balaban J connectivity index is 1.89. The van der Waals surface area contributed by atoms with Crippen molar-refractivity contribution < 1.29 is 32.9 Å². The summed E-state index contributed by atoms with van der Waals surface area (Å²) >= 11 is 4.90. The molecule has 3 N–H and O–H groups in total. The van der Waals surface area contributed by atoms with E-state index < -0.39 is 25.1 Å². The molecule has 1 fully saturated rings. The lowest BCUT2D eigenvalue weighted by Crippen LogP contribution is -2.39. The van der Waals surface area contributed by atoms with E-state index in [4.69, 9.17) is 40.8 Å². The predicted octanol–water partition coefficient (Wildman–Crippen LogP) is 1.95. The molecule has 0 amide bonds. The van der Waals surface area contributed by atoms with Crippen molar-refractivity contribution in [2.45, 2.75) is 31.3 Å². The van der Waals surface area contributed by atoms with E-state index in [0.717, 1.165) is 5.56 Å². The van der Waals surface area contributed by atoms with Gasteiger partial charge >= 0.3 is 12.9 Å². The maximum Gasteiger partial charge on any atom is 0.508 e. The number of ether oxygens (including phenoxy) is 3. The summed E-state index contributed by atoms with van der Waals surface area (Å²) in [6, 6.07) is 8.92. The third-order valence-electron chi connectivity index (χ3n) is 4.16. The van der Waals surface area contributed by atoms with Crippen LogP contribution >= 0.6 is 6.72 Å². The van der Waals surface area contributed by atoms with Crippen molar-refractivity contribution in [2.75, 3.05) is 20.8 Å². The maximum absolute atomic E-state index is 11.8. The van der Waals surface area contributed by atoms with E-state index in [1.165, 1.54) is 14.2 Å². The third-order valence-corrected chi connectivity index (χ3v) is 5.83. The molecule has 10 heteroatoms. The predicted molar refractivity (Wildman–Crippen MR) is 97.8 cm³/mol. The molecule has 1 saturated carbocycles. The lowest BCUT2D eigenvalue weighted by Gasteiger charge is -2.27. The van der Waals surface area contributed by atoms with E-state index in [-0.39, 0.29) is 25.2 Å². The van der Waals surface area contributed by atoms with Gasteiger partial charge in [-0.15, -0.1) is 0 Å². The van der Waals surface area contributed by atoms with Crippen molar-refractivity contribution >= 4 is 24.7 Å². The average Bonchev–Trinajstić information content (AvgIpc) is 2.93. The number of rotatable bonds is 8. The smallest absolute Gasteiger partial charge is 0.434 e. The number of hydrogen-bond donors (Lipinski definition) is 2. The van der Waals surface area contributed by atoms with Gasteiger partial charge in [-0.25, -0.2) is 4.79 Å². The van der Waals surface area contributed by atoms with Crippen LogP contribution in [0.5, 0.6) is 0 Å². The molecule has 0 aliphatic heterocycles. The first kappa shape index (κ1) is 21.2. The summed E-state index contributed by atoms with van der Waals surface area (Å²) in [5, 5.41) is 0. The summed E-state index contributed by atoms with van der Waals surface area (Å²) in [6.45, 7) is -3.29. The first-order chi connectivity index (χ1) is 12.4. The molecule has 5 atom stereocenters. The van der Waals surface area contributed by atoms with E-state index in [0.29, 0.717) is 6.42 Å². The molecule has 1 aromatic rings. The molecular formula is C16H24NO7PS. The zero-order chi connectivity index (χ0) is 19.2. The van der Waals surface area contributed by atoms with Crippen LogP contribution in [0.2, 0.25) is 0 Å². The maximum atomic E-state index is 11.8. The van der Waals surface area contributed by atoms with Crippen molar-refractivity contribution in [2.24, 2.45) is 11.7 Å². The molecule has 8 nitrogen and oxygen atoms in total. The fourth-order valence-corrected chi connectivity index (χ4v) is 3.86. The number of hydrogen-bond acceptors (Lipinski definition) is 8. The van der Waals surface area contributed by atoms with Gasteiger partial charge in [-0.05, 0) is 23.8 Å². The SMILES string of the molecule is CO[C@H]1C(OP(O)(=S)OC)[C@@H](COC(=O)OCc2ccccc2)C[C@H]1N. The summed E-state index contributed by atoms with van der Waals surface area (Å²) in [7, 11) is 2.76. The molecule has 2 unspecified atom stereocenters. The van der Waals surface area contributed by atoms with Crippen LogP contribution in [0.1, 0.15) is 12.0 Å². The fraction of sp³-hybridized carbons (Fsp3) is 0.562. The third kappa shape index (κ3) is 5.99. The second kappa shape index (κ2) is 9.75. The van der Waals surface area contributed by atoms with Crippen LogP contribution in [0.25, 0.3) is 0 Å². The highest BCUT2D eigenvalue weighted by molar-refractivity contribution is 8.07. The largest absolute Gasteiger partial charge is 0.508 e. The Labute approximate surface area is 157 Å². The molecular weight excluding hydrogens is 381 g/mol. The van der Waals surface area contributed by atoms with Gasteiger partial charge in [-0.2, -0.15) is 0 Å². The molecule has 1 aliphatic carbocycles. The summed E-state index contributed by atoms with van der Waals surface area (Å²) in [6.07, 6.45) is -1.45. The van der Waals surface area contributed by atoms with Crippen molar-refractivity contribution in [3.63, 3.8) is 0 Å². The molecule has 1 aromatic carbocycles. The highest BCUT2D eigenvalue weighted by Gasteiger charge is 2.45. The van der Waals surface area contributed by atoms with E-state index in [2.05, 4.69) is 0 Å². The second-order valence-corrected chi connectivity index (χ2v) is 8.81. The Morgan fingerprint density at radius 2 is 1.96 bits per heavy atom. The first-order valence-corrected chi connectivity index (χ1v) is 10.6. The number of carbonyl (C=O) groups is 1. The summed E-state index contributed by atoms with van der Waals surface area (Å²) in [5.41, 5.74) is 6.91. The van der Waals surface area contributed by atoms with Gasteiger partial charge in [0.15, 0.2) is 0 Å². The summed E-state index contributed by atoms with van der Waals surface area (Å²) < 4.78 is 25.9. The Morgan fingerprint density at radius 1 is 1.27 bits per heavy atom. The number of nitrogens with two attached hydrogens (primary N) is 1. The molecule has 26 heavy (non-hydrogen) atoms. The van der Waals surface area contributed by atoms with Gasteiger partial charge in [0.2, 0.25) is 0 Å². The van der Waals surface area contributed by atoms with Crippen LogP contribution in [-0.4, -0.2) is 50.1 Å². The average molecular weight is 405 g/mol. The molecule has 2 rings (SSSR count). The quantitative estimate of drug-likeness (QED) is 0.495. The minimum Gasteiger partial charge on any atom is -0.434 e. The van der Waals surface area contributed by atoms with Gasteiger partial charge in [-0.1, -0.05) is 30.3 Å². The standard InChI is InChI=1S/C16H24NO7PS/c1-20-15-13(17)8-12(14(15)24-25(19,26)21-2)10-23-16(18)22-9-11-6-4-3-5-7-11/h3-7,12-15H,8-10,17H2,1-2H3,(H,19,26)/t12-,13-,14?,15-,25?/m1/s1. The first-order valence-electron chi connectivity index (χ1n) is 8.05. The molecule has 0 radical (unpaired) electrons. The Bertz CT molecular complexity index is 632. The Kier molecular flexibility index (Phi) is 7.97. The summed E-state index contributed by atoms with van der Waals surface area (Å²) in [4.78, 5) is 21.8. The molecule has 0 spiro atoms. The fourth-order valence-electron chi connectivity index (χ4n) is 2.88. The zero-order valence-electron chi connectivity index (χ0n) is 14.6. The van der Waals surface area contributed by atoms with E-state index in [1.54, 1.807) is 0 Å². The molecule has 0 saturated heterocycles. The molecule has 0 aromatic heterocycles. The van der Waals surface area contributed by atoms with Crippen LogP contribution in [0.15, 0.2) is 30.3 Å². The van der Waals surface area contributed by atoms with Crippen molar-refractivity contribution in [3.05, 3.63) is 35.9 Å². The van der Waals surface area contributed by atoms with Crippen molar-refractivity contribution in [3.8, 4) is 0 Å². The minimum atomic E-state index is -3.41. The van der Waals surface area contributed by atoms with Gasteiger partial charge in [0.25, 0.3) is 0 Å². The minimum absolute atomic E-state index is 0.00486. The zero-order valence-corrected chi connectivity index (χ0v) is 16.4. The van der Waals surface area contributed by atoms with Crippen LogP contribution in [-0.2, 0) is 41.7 Å². The normalized spacial score (nSPS) is 27.7. The summed E-state index contributed by atoms with van der Waals surface area (Å²) in [5.74, 6) is -0.302. The van der Waals surface area contributed by atoms with Crippen molar-refractivity contribution in [1.82, 2.24) is 0 Å². The van der Waals surface area contributed by atoms with Gasteiger partial charge in [0.05, 0.1) is 6.10 Å². The van der Waals surface area contributed by atoms with E-state index in [1.807, 2.05) is 30.3 Å². The molecule has 0 heterocycles. The number of benzene rings is 1. The van der Waals surface area contributed by atoms with E-state index in [9.17, 15) is 9.69 Å². The van der Waals surface area contributed by atoms with Crippen LogP contribution < -0.4 is 5.73 Å². The van der Waals surface area contributed by atoms with Gasteiger partial charge in [0.1, 0.15) is 19.3 Å². The topological polar surface area (TPSA) is 109 Å². The Hall–Kier alpha value is -1.06. The van der Waals surface area contributed by atoms with Gasteiger partial charge in [0, 0.05) is 26.2 Å². The lowest BCUT2D eigenvalue weighted by molar-refractivity contribution is -0.0238. The molecule has 146 valence electrons. The van der Waals surface area contributed by atoms with Crippen molar-refractivity contribution in [1.29, 1.82) is 0 Å². The monoisotopic (exact) mass is 405 g/mol. The highest BCUT2D eigenvalue weighted by Crippen LogP contribution is 2.48. The molecule has 0 bridgehead atoms. The van der Waals surface area contributed by atoms with Crippen LogP contribution in [0.4, 0.5) is 4.79 Å².